The molecule has 1 fully saturated rings. The summed E-state index contributed by atoms with van der Waals surface area (Å²) in [6, 6.07) is 12.9. The zero-order chi connectivity index (χ0) is 16.7. The Balaban J connectivity index is 1.69. The number of hydrogen-bond acceptors (Lipinski definition) is 4. The van der Waals surface area contributed by atoms with Gasteiger partial charge in [0.2, 0.25) is 0 Å². The lowest BCUT2D eigenvalue weighted by atomic mass is 10.1. The molecule has 1 atom stereocenters. The molecule has 1 N–H and O–H groups in total. The molecule has 1 saturated heterocycles. The smallest absolute Gasteiger partial charge is 0.258 e. The highest BCUT2D eigenvalue weighted by Gasteiger charge is 2.33. The van der Waals surface area contributed by atoms with Crippen molar-refractivity contribution in [3.63, 3.8) is 0 Å². The number of rotatable bonds is 2. The fraction of sp³-hybridized carbons (Fsp3) is 0.222. The number of fused-ring (bicyclic) bond motifs is 1. The van der Waals surface area contributed by atoms with Crippen molar-refractivity contribution in [2.75, 3.05) is 6.54 Å². The predicted molar refractivity (Wildman–Crippen MR) is 98.4 cm³/mol. The highest BCUT2D eigenvalue weighted by molar-refractivity contribution is 9.10. The highest BCUT2D eigenvalue weighted by Crippen LogP contribution is 2.38. The van der Waals surface area contributed by atoms with Crippen molar-refractivity contribution in [1.29, 1.82) is 0 Å². The average molecular weight is 403 g/mol. The summed E-state index contributed by atoms with van der Waals surface area (Å²) in [6.07, 6.45) is 1.85. The first-order valence-corrected chi connectivity index (χ1v) is 9.39. The SMILES string of the molecule is O=C(c1cc(Br)ccc1O)N1CCCC1c1nc2ccccc2s1. The van der Waals surface area contributed by atoms with Gasteiger partial charge >= 0.3 is 0 Å². The van der Waals surface area contributed by atoms with Crippen LogP contribution >= 0.6 is 27.3 Å². The third-order valence-corrected chi connectivity index (χ3v) is 5.93. The Kier molecular flexibility index (Phi) is 4.02. The van der Waals surface area contributed by atoms with Gasteiger partial charge in [-0.1, -0.05) is 28.1 Å². The van der Waals surface area contributed by atoms with Gasteiger partial charge in [0.15, 0.2) is 0 Å². The molecule has 0 aliphatic carbocycles. The molecule has 1 aliphatic rings. The van der Waals surface area contributed by atoms with E-state index in [0.717, 1.165) is 32.5 Å². The molecule has 4 nitrogen and oxygen atoms in total. The topological polar surface area (TPSA) is 53.4 Å². The number of phenols is 1. The number of carbonyl (C=O) groups excluding carboxylic acids is 1. The molecule has 1 aromatic heterocycles. The maximum absolute atomic E-state index is 12.9. The number of aromatic hydroxyl groups is 1. The maximum Gasteiger partial charge on any atom is 0.258 e. The molecule has 3 aromatic rings. The van der Waals surface area contributed by atoms with E-state index >= 15 is 0 Å². The molecule has 1 amide bonds. The molecule has 2 heterocycles. The minimum Gasteiger partial charge on any atom is -0.507 e. The first kappa shape index (κ1) is 15.6. The molecule has 1 unspecified atom stereocenters. The van der Waals surface area contributed by atoms with Crippen LogP contribution in [-0.2, 0) is 0 Å². The van der Waals surface area contributed by atoms with E-state index in [1.807, 2.05) is 23.1 Å². The van der Waals surface area contributed by atoms with Gasteiger partial charge < -0.3 is 10.0 Å². The number of hydrogen-bond donors (Lipinski definition) is 1. The van der Waals surface area contributed by atoms with Crippen molar-refractivity contribution in [2.24, 2.45) is 0 Å². The van der Waals surface area contributed by atoms with Gasteiger partial charge in [0, 0.05) is 11.0 Å². The van der Waals surface area contributed by atoms with Crippen LogP contribution < -0.4 is 0 Å². The highest BCUT2D eigenvalue weighted by atomic mass is 79.9. The fourth-order valence-corrected chi connectivity index (χ4v) is 4.61. The monoisotopic (exact) mass is 402 g/mol. The van der Waals surface area contributed by atoms with Crippen LogP contribution in [0.25, 0.3) is 10.2 Å². The molecule has 0 bridgehead atoms. The lowest BCUT2D eigenvalue weighted by molar-refractivity contribution is 0.0732. The summed E-state index contributed by atoms with van der Waals surface area (Å²) >= 11 is 5.01. The van der Waals surface area contributed by atoms with Gasteiger partial charge in [0.25, 0.3) is 5.91 Å². The van der Waals surface area contributed by atoms with Crippen LogP contribution in [0, 0.1) is 0 Å². The van der Waals surface area contributed by atoms with Crippen LogP contribution in [0.4, 0.5) is 0 Å². The molecule has 0 radical (unpaired) electrons. The predicted octanol–water partition coefficient (Wildman–Crippen LogP) is 4.74. The Labute approximate surface area is 151 Å². The number of halogens is 1. The average Bonchev–Trinajstić information content (AvgIpc) is 3.22. The number of thiazole rings is 1. The van der Waals surface area contributed by atoms with E-state index in [-0.39, 0.29) is 17.7 Å². The van der Waals surface area contributed by atoms with Gasteiger partial charge in [0.05, 0.1) is 21.8 Å². The number of amides is 1. The van der Waals surface area contributed by atoms with Crippen molar-refractivity contribution >= 4 is 43.4 Å². The molecule has 24 heavy (non-hydrogen) atoms. The van der Waals surface area contributed by atoms with Gasteiger partial charge in [0.1, 0.15) is 10.8 Å². The second kappa shape index (κ2) is 6.18. The van der Waals surface area contributed by atoms with Crippen LogP contribution in [0.3, 0.4) is 0 Å². The normalized spacial score (nSPS) is 17.5. The van der Waals surface area contributed by atoms with E-state index < -0.39 is 0 Å². The minimum absolute atomic E-state index is 0.0122. The summed E-state index contributed by atoms with van der Waals surface area (Å²) in [5.41, 5.74) is 1.31. The number of phenolic OH excluding ortho intramolecular Hbond substituents is 1. The zero-order valence-corrected chi connectivity index (χ0v) is 15.2. The molecule has 4 rings (SSSR count). The number of para-hydroxylation sites is 1. The summed E-state index contributed by atoms with van der Waals surface area (Å²) in [7, 11) is 0. The zero-order valence-electron chi connectivity index (χ0n) is 12.8. The lowest BCUT2D eigenvalue weighted by Gasteiger charge is -2.23. The Bertz CT molecular complexity index is 891. The Morgan fingerprint density at radius 3 is 2.96 bits per heavy atom. The van der Waals surface area contributed by atoms with Gasteiger partial charge in [-0.3, -0.25) is 4.79 Å². The van der Waals surface area contributed by atoms with E-state index in [4.69, 9.17) is 4.98 Å². The number of aromatic nitrogens is 1. The first-order valence-electron chi connectivity index (χ1n) is 7.78. The summed E-state index contributed by atoms with van der Waals surface area (Å²) in [5.74, 6) is -0.131. The molecule has 2 aromatic carbocycles. The van der Waals surface area contributed by atoms with E-state index in [0.29, 0.717) is 12.1 Å². The maximum atomic E-state index is 12.9. The Hall–Kier alpha value is -1.92. The molecular weight excluding hydrogens is 388 g/mol. The molecular formula is C18H15BrN2O2S. The van der Waals surface area contributed by atoms with E-state index in [1.165, 1.54) is 0 Å². The van der Waals surface area contributed by atoms with Gasteiger partial charge in [-0.25, -0.2) is 4.98 Å². The second-order valence-corrected chi connectivity index (χ2v) is 7.82. The number of benzene rings is 2. The number of carbonyl (C=O) groups is 1. The molecule has 1 aliphatic heterocycles. The van der Waals surface area contributed by atoms with E-state index in [9.17, 15) is 9.90 Å². The number of nitrogens with zero attached hydrogens (tertiary/aromatic N) is 2. The van der Waals surface area contributed by atoms with Crippen LogP contribution in [0.1, 0.15) is 34.2 Å². The van der Waals surface area contributed by atoms with Gasteiger partial charge in [-0.15, -0.1) is 11.3 Å². The molecule has 0 spiro atoms. The van der Waals surface area contributed by atoms with Crippen molar-refractivity contribution < 1.29 is 9.90 Å². The van der Waals surface area contributed by atoms with Crippen LogP contribution in [0.15, 0.2) is 46.9 Å². The van der Waals surface area contributed by atoms with Crippen LogP contribution in [0.5, 0.6) is 5.75 Å². The van der Waals surface area contributed by atoms with E-state index in [2.05, 4.69) is 22.0 Å². The van der Waals surface area contributed by atoms with Crippen LogP contribution in [0.2, 0.25) is 0 Å². The minimum atomic E-state index is -0.143. The second-order valence-electron chi connectivity index (χ2n) is 5.84. The number of likely N-dealkylation sites (tertiary alicyclic amines) is 1. The van der Waals surface area contributed by atoms with Crippen molar-refractivity contribution in [2.45, 2.75) is 18.9 Å². The van der Waals surface area contributed by atoms with Gasteiger partial charge in [-0.2, -0.15) is 0 Å². The van der Waals surface area contributed by atoms with Gasteiger partial charge in [-0.05, 0) is 43.2 Å². The Morgan fingerprint density at radius 1 is 1.29 bits per heavy atom. The quantitative estimate of drug-likeness (QED) is 0.673. The summed E-state index contributed by atoms with van der Waals surface area (Å²) in [6.45, 7) is 0.686. The largest absolute Gasteiger partial charge is 0.507 e. The molecule has 122 valence electrons. The van der Waals surface area contributed by atoms with E-state index in [1.54, 1.807) is 29.5 Å². The standard InChI is InChI=1S/C18H15BrN2O2S/c19-11-7-8-15(22)12(10-11)18(23)21-9-3-5-14(21)17-20-13-4-1-2-6-16(13)24-17/h1-2,4,6-8,10,14,22H,3,5,9H2. The fourth-order valence-electron chi connectivity index (χ4n) is 3.13. The van der Waals surface area contributed by atoms with Crippen molar-refractivity contribution in [1.82, 2.24) is 9.88 Å². The summed E-state index contributed by atoms with van der Waals surface area (Å²) < 4.78 is 1.91. The summed E-state index contributed by atoms with van der Waals surface area (Å²) in [4.78, 5) is 19.5. The third-order valence-electron chi connectivity index (χ3n) is 4.30. The Morgan fingerprint density at radius 2 is 2.12 bits per heavy atom. The first-order chi connectivity index (χ1) is 11.6. The lowest BCUT2D eigenvalue weighted by Crippen LogP contribution is -2.30. The van der Waals surface area contributed by atoms with Crippen LogP contribution in [-0.4, -0.2) is 27.4 Å². The van der Waals surface area contributed by atoms with Crippen molar-refractivity contribution in [3.8, 4) is 5.75 Å². The third kappa shape index (κ3) is 2.70. The molecule has 6 heteroatoms. The van der Waals surface area contributed by atoms with Crippen molar-refractivity contribution in [3.05, 3.63) is 57.5 Å². The summed E-state index contributed by atoms with van der Waals surface area (Å²) in [5, 5.41) is 11.0. The molecule has 0 saturated carbocycles.